The molecule has 0 saturated heterocycles. The van der Waals surface area contributed by atoms with Crippen LogP contribution in [0.3, 0.4) is 0 Å². The van der Waals surface area contributed by atoms with Crippen LogP contribution in [0.25, 0.3) is 0 Å². The molecule has 2 unspecified atom stereocenters. The summed E-state index contributed by atoms with van der Waals surface area (Å²) in [4.78, 5) is 22.5. The van der Waals surface area contributed by atoms with Crippen LogP contribution in [0.5, 0.6) is 0 Å². The Balaban J connectivity index is 0.00000324. The van der Waals surface area contributed by atoms with Gasteiger partial charge < -0.3 is 22.1 Å². The van der Waals surface area contributed by atoms with E-state index < -0.39 is 6.03 Å². The fourth-order valence-electron chi connectivity index (χ4n) is 1.31. The minimum atomic E-state index is -0.651. The van der Waals surface area contributed by atoms with E-state index in [0.717, 1.165) is 0 Å². The zero-order valence-corrected chi connectivity index (χ0v) is 11.7. The van der Waals surface area contributed by atoms with Crippen molar-refractivity contribution in [3.8, 4) is 0 Å². The largest absolute Gasteiger partial charge is 0.351 e. The molecular weight excluding hydrogens is 268 g/mol. The van der Waals surface area contributed by atoms with Crippen LogP contribution in [0.1, 0.15) is 13.8 Å². The highest BCUT2D eigenvalue weighted by atomic mass is 35.5. The zero-order valence-electron chi connectivity index (χ0n) is 10.8. The molecule has 106 valence electrons. The molecule has 0 saturated carbocycles. The quantitative estimate of drug-likeness (QED) is 0.673. The van der Waals surface area contributed by atoms with Gasteiger partial charge in [-0.15, -0.1) is 12.4 Å². The van der Waals surface area contributed by atoms with Gasteiger partial charge in [0.2, 0.25) is 5.91 Å². The fraction of sp³-hybridized carbons (Fsp3) is 0.333. The van der Waals surface area contributed by atoms with Crippen molar-refractivity contribution in [3.63, 3.8) is 0 Å². The topological polar surface area (TPSA) is 110 Å². The lowest BCUT2D eigenvalue weighted by molar-refractivity contribution is -0.119. The zero-order chi connectivity index (χ0) is 13.7. The lowest BCUT2D eigenvalue weighted by Crippen LogP contribution is -2.34. The number of hydrogen-bond acceptors (Lipinski definition) is 3. The Kier molecular flexibility index (Phi) is 6.89. The van der Waals surface area contributed by atoms with Crippen molar-refractivity contribution in [1.82, 2.24) is 0 Å². The number of anilines is 2. The molecule has 6 N–H and O–H groups in total. The molecule has 19 heavy (non-hydrogen) atoms. The first-order valence-electron chi connectivity index (χ1n) is 5.63. The van der Waals surface area contributed by atoms with E-state index in [4.69, 9.17) is 11.5 Å². The SMILES string of the molecule is CC(N)C(C)C(=O)Nc1cccc(NC(N)=O)c1.Cl. The first-order valence-corrected chi connectivity index (χ1v) is 5.63. The maximum absolute atomic E-state index is 11.8. The van der Waals surface area contributed by atoms with E-state index in [-0.39, 0.29) is 30.3 Å². The van der Waals surface area contributed by atoms with E-state index in [1.54, 1.807) is 38.1 Å². The van der Waals surface area contributed by atoms with E-state index in [2.05, 4.69) is 10.6 Å². The standard InChI is InChI=1S/C12H18N4O2.ClH/c1-7(8(2)13)11(17)15-9-4-3-5-10(6-9)16-12(14)18;/h3-8H,13H2,1-2H3,(H,15,17)(H3,14,16,18);1H. The average Bonchev–Trinajstić information content (AvgIpc) is 2.27. The second kappa shape index (κ2) is 7.60. The molecule has 0 radical (unpaired) electrons. The van der Waals surface area contributed by atoms with Gasteiger partial charge >= 0.3 is 6.03 Å². The number of nitrogens with two attached hydrogens (primary N) is 2. The Morgan fingerprint density at radius 1 is 1.16 bits per heavy atom. The van der Waals surface area contributed by atoms with Gasteiger partial charge in [0.1, 0.15) is 0 Å². The molecule has 0 aliphatic heterocycles. The van der Waals surface area contributed by atoms with E-state index in [9.17, 15) is 9.59 Å². The van der Waals surface area contributed by atoms with Crippen molar-refractivity contribution >= 4 is 35.7 Å². The van der Waals surface area contributed by atoms with Gasteiger partial charge in [-0.05, 0) is 25.1 Å². The maximum Gasteiger partial charge on any atom is 0.316 e. The Morgan fingerprint density at radius 2 is 1.68 bits per heavy atom. The Labute approximate surface area is 118 Å². The normalized spacial score (nSPS) is 12.8. The number of urea groups is 1. The second-order valence-corrected chi connectivity index (χ2v) is 4.21. The summed E-state index contributed by atoms with van der Waals surface area (Å²) in [5, 5.41) is 5.16. The molecule has 0 heterocycles. The molecule has 0 aliphatic carbocycles. The third kappa shape index (κ3) is 5.58. The number of rotatable bonds is 4. The predicted octanol–water partition coefficient (Wildman–Crippen LogP) is 1.52. The highest BCUT2D eigenvalue weighted by molar-refractivity contribution is 5.94. The van der Waals surface area contributed by atoms with Crippen molar-refractivity contribution < 1.29 is 9.59 Å². The first-order chi connectivity index (χ1) is 8.40. The summed E-state index contributed by atoms with van der Waals surface area (Å²) in [7, 11) is 0. The number of amides is 3. The highest BCUT2D eigenvalue weighted by Crippen LogP contribution is 2.16. The van der Waals surface area contributed by atoms with Crippen molar-refractivity contribution in [2.24, 2.45) is 17.4 Å². The van der Waals surface area contributed by atoms with Crippen LogP contribution in [0.2, 0.25) is 0 Å². The van der Waals surface area contributed by atoms with E-state index in [1.807, 2.05) is 0 Å². The third-order valence-corrected chi connectivity index (χ3v) is 2.60. The number of carbonyl (C=O) groups is 2. The molecule has 0 aromatic heterocycles. The molecule has 0 fully saturated rings. The van der Waals surface area contributed by atoms with Crippen LogP contribution in [-0.4, -0.2) is 18.0 Å². The summed E-state index contributed by atoms with van der Waals surface area (Å²) in [5.41, 5.74) is 11.8. The number of hydrogen-bond donors (Lipinski definition) is 4. The molecule has 6 nitrogen and oxygen atoms in total. The number of benzene rings is 1. The van der Waals surface area contributed by atoms with E-state index in [1.165, 1.54) is 0 Å². The van der Waals surface area contributed by atoms with Crippen LogP contribution >= 0.6 is 12.4 Å². The van der Waals surface area contributed by atoms with Gasteiger partial charge in [-0.1, -0.05) is 13.0 Å². The molecule has 1 aromatic rings. The van der Waals surface area contributed by atoms with Crippen LogP contribution in [0.15, 0.2) is 24.3 Å². The Bertz CT molecular complexity index is 451. The Hall–Kier alpha value is -1.79. The molecule has 7 heteroatoms. The molecule has 0 bridgehead atoms. The van der Waals surface area contributed by atoms with Gasteiger partial charge in [0.25, 0.3) is 0 Å². The van der Waals surface area contributed by atoms with Gasteiger partial charge in [-0.2, -0.15) is 0 Å². The van der Waals surface area contributed by atoms with Crippen LogP contribution < -0.4 is 22.1 Å². The van der Waals surface area contributed by atoms with Crippen LogP contribution in [-0.2, 0) is 4.79 Å². The number of nitrogens with one attached hydrogen (secondary N) is 2. The molecule has 2 atom stereocenters. The summed E-state index contributed by atoms with van der Waals surface area (Å²) in [6, 6.07) is 5.85. The van der Waals surface area contributed by atoms with Gasteiger partial charge in [0, 0.05) is 17.4 Å². The summed E-state index contributed by atoms with van der Waals surface area (Å²) < 4.78 is 0. The second-order valence-electron chi connectivity index (χ2n) is 4.21. The van der Waals surface area contributed by atoms with Gasteiger partial charge in [-0.3, -0.25) is 4.79 Å². The minimum Gasteiger partial charge on any atom is -0.351 e. The first kappa shape index (κ1) is 17.2. The number of carbonyl (C=O) groups excluding carboxylic acids is 2. The highest BCUT2D eigenvalue weighted by Gasteiger charge is 2.16. The number of primary amides is 1. The van der Waals surface area contributed by atoms with Crippen molar-refractivity contribution in [1.29, 1.82) is 0 Å². The summed E-state index contributed by atoms with van der Waals surface area (Å²) in [5.74, 6) is -0.459. The van der Waals surface area contributed by atoms with Crippen LogP contribution in [0, 0.1) is 5.92 Å². The monoisotopic (exact) mass is 286 g/mol. The number of halogens is 1. The summed E-state index contributed by atoms with van der Waals surface area (Å²) >= 11 is 0. The fourth-order valence-corrected chi connectivity index (χ4v) is 1.31. The molecular formula is C12H19ClN4O2. The molecule has 1 rings (SSSR count). The smallest absolute Gasteiger partial charge is 0.316 e. The predicted molar refractivity (Wildman–Crippen MR) is 78.3 cm³/mol. The van der Waals surface area contributed by atoms with Gasteiger partial charge in [0.15, 0.2) is 0 Å². The lowest BCUT2D eigenvalue weighted by atomic mass is 10.0. The van der Waals surface area contributed by atoms with Crippen molar-refractivity contribution in [2.75, 3.05) is 10.6 Å². The van der Waals surface area contributed by atoms with E-state index >= 15 is 0 Å². The lowest BCUT2D eigenvalue weighted by Gasteiger charge is -2.15. The summed E-state index contributed by atoms with van der Waals surface area (Å²) in [6.45, 7) is 3.53. The van der Waals surface area contributed by atoms with Crippen molar-refractivity contribution in [3.05, 3.63) is 24.3 Å². The van der Waals surface area contributed by atoms with Gasteiger partial charge in [0.05, 0.1) is 5.92 Å². The summed E-state index contributed by atoms with van der Waals surface area (Å²) in [6.07, 6.45) is 0. The van der Waals surface area contributed by atoms with E-state index in [0.29, 0.717) is 11.4 Å². The Morgan fingerprint density at radius 3 is 2.16 bits per heavy atom. The minimum absolute atomic E-state index is 0. The molecule has 0 spiro atoms. The average molecular weight is 287 g/mol. The molecule has 1 aromatic carbocycles. The maximum atomic E-state index is 11.8. The van der Waals surface area contributed by atoms with Gasteiger partial charge in [-0.25, -0.2) is 4.79 Å². The molecule has 0 aliphatic rings. The van der Waals surface area contributed by atoms with Crippen LogP contribution in [0.4, 0.5) is 16.2 Å². The molecule has 3 amide bonds. The third-order valence-electron chi connectivity index (χ3n) is 2.60. The van der Waals surface area contributed by atoms with Crippen molar-refractivity contribution in [2.45, 2.75) is 19.9 Å².